The van der Waals surface area contributed by atoms with Crippen LogP contribution in [-0.2, 0) is 0 Å². The molecule has 0 saturated carbocycles. The Bertz CT molecular complexity index is 684. The van der Waals surface area contributed by atoms with E-state index in [9.17, 15) is 4.79 Å². The Labute approximate surface area is 153 Å². The molecule has 5 nitrogen and oxygen atoms in total. The van der Waals surface area contributed by atoms with Crippen molar-refractivity contribution in [3.63, 3.8) is 0 Å². The predicted octanol–water partition coefficient (Wildman–Crippen LogP) is 2.45. The number of nitrogens with one attached hydrogen (secondary N) is 1. The van der Waals surface area contributed by atoms with Gasteiger partial charge in [-0.25, -0.2) is 0 Å². The standard InChI is InChI=1S/C19H23ClN4O/c1-23-9-11-24(12-10-23)18(15-4-6-17(20)7-5-15)14-22-19(25)16-3-2-8-21-13-16/h2-8,13,18H,9-12,14H2,1H3,(H,22,25). The number of hydrogen-bond acceptors (Lipinski definition) is 4. The molecule has 1 aromatic carbocycles. The maximum Gasteiger partial charge on any atom is 0.252 e. The lowest BCUT2D eigenvalue weighted by Crippen LogP contribution is -2.48. The van der Waals surface area contributed by atoms with Crippen LogP contribution in [0.5, 0.6) is 0 Å². The van der Waals surface area contributed by atoms with Gasteiger partial charge in [0.05, 0.1) is 11.6 Å². The van der Waals surface area contributed by atoms with Crippen LogP contribution in [0.25, 0.3) is 0 Å². The first-order valence-electron chi connectivity index (χ1n) is 8.50. The highest BCUT2D eigenvalue weighted by Gasteiger charge is 2.24. The molecule has 0 spiro atoms. The van der Waals surface area contributed by atoms with Crippen LogP contribution < -0.4 is 5.32 Å². The molecule has 132 valence electrons. The lowest BCUT2D eigenvalue weighted by Gasteiger charge is -2.38. The number of halogens is 1. The van der Waals surface area contributed by atoms with Crippen molar-refractivity contribution in [3.8, 4) is 0 Å². The fourth-order valence-electron chi connectivity index (χ4n) is 3.06. The van der Waals surface area contributed by atoms with Crippen molar-refractivity contribution < 1.29 is 4.79 Å². The minimum Gasteiger partial charge on any atom is -0.350 e. The molecule has 1 unspecified atom stereocenters. The summed E-state index contributed by atoms with van der Waals surface area (Å²) in [6, 6.07) is 11.6. The zero-order chi connectivity index (χ0) is 17.6. The average Bonchev–Trinajstić information content (AvgIpc) is 2.65. The quantitative estimate of drug-likeness (QED) is 0.892. The zero-order valence-electron chi connectivity index (χ0n) is 14.4. The second-order valence-electron chi connectivity index (χ2n) is 6.36. The maximum atomic E-state index is 12.4. The highest BCUT2D eigenvalue weighted by molar-refractivity contribution is 6.30. The second-order valence-corrected chi connectivity index (χ2v) is 6.79. The number of rotatable bonds is 5. The number of benzene rings is 1. The summed E-state index contributed by atoms with van der Waals surface area (Å²) in [5.41, 5.74) is 1.75. The molecule has 1 aliphatic rings. The molecular formula is C19H23ClN4O. The van der Waals surface area contributed by atoms with E-state index in [-0.39, 0.29) is 11.9 Å². The molecule has 2 heterocycles. The van der Waals surface area contributed by atoms with Crippen molar-refractivity contribution in [2.24, 2.45) is 0 Å². The third-order valence-electron chi connectivity index (χ3n) is 4.61. The number of pyridine rings is 1. The number of likely N-dealkylation sites (N-methyl/N-ethyl adjacent to an activating group) is 1. The first-order chi connectivity index (χ1) is 12.1. The Morgan fingerprint density at radius 3 is 2.56 bits per heavy atom. The maximum absolute atomic E-state index is 12.4. The molecule has 1 aromatic heterocycles. The highest BCUT2D eigenvalue weighted by Crippen LogP contribution is 2.23. The van der Waals surface area contributed by atoms with Gasteiger partial charge in [0, 0.05) is 50.1 Å². The summed E-state index contributed by atoms with van der Waals surface area (Å²) in [6.07, 6.45) is 3.25. The van der Waals surface area contributed by atoms with Gasteiger partial charge in [-0.3, -0.25) is 14.7 Å². The normalized spacial score (nSPS) is 17.2. The predicted molar refractivity (Wildman–Crippen MR) is 99.8 cm³/mol. The van der Waals surface area contributed by atoms with E-state index >= 15 is 0 Å². The Hall–Kier alpha value is -1.95. The van der Waals surface area contributed by atoms with Crippen LogP contribution >= 0.6 is 11.6 Å². The Kier molecular flexibility index (Phi) is 6.02. The Morgan fingerprint density at radius 2 is 1.92 bits per heavy atom. The van der Waals surface area contributed by atoms with Gasteiger partial charge in [-0.2, -0.15) is 0 Å². The van der Waals surface area contributed by atoms with Gasteiger partial charge in [-0.05, 0) is 36.9 Å². The topological polar surface area (TPSA) is 48.5 Å². The Morgan fingerprint density at radius 1 is 1.20 bits per heavy atom. The SMILES string of the molecule is CN1CCN(C(CNC(=O)c2cccnc2)c2ccc(Cl)cc2)CC1. The van der Waals surface area contributed by atoms with Crippen molar-refractivity contribution >= 4 is 17.5 Å². The van der Waals surface area contributed by atoms with E-state index < -0.39 is 0 Å². The van der Waals surface area contributed by atoms with Crippen molar-refractivity contribution in [2.45, 2.75) is 6.04 Å². The average molecular weight is 359 g/mol. The van der Waals surface area contributed by atoms with Crippen molar-refractivity contribution in [3.05, 3.63) is 64.9 Å². The zero-order valence-corrected chi connectivity index (χ0v) is 15.1. The second kappa shape index (κ2) is 8.43. The number of amides is 1. The van der Waals surface area contributed by atoms with Crippen LogP contribution in [0.2, 0.25) is 5.02 Å². The van der Waals surface area contributed by atoms with Crippen LogP contribution in [0.1, 0.15) is 22.0 Å². The minimum atomic E-state index is -0.0961. The van der Waals surface area contributed by atoms with Crippen LogP contribution in [-0.4, -0.2) is 60.5 Å². The molecule has 1 amide bonds. The van der Waals surface area contributed by atoms with E-state index in [2.05, 4.69) is 27.1 Å². The van der Waals surface area contributed by atoms with E-state index in [0.717, 1.165) is 31.2 Å². The lowest BCUT2D eigenvalue weighted by atomic mass is 10.0. The molecule has 1 atom stereocenters. The number of piperazine rings is 1. The summed E-state index contributed by atoms with van der Waals surface area (Å²) in [6.45, 7) is 4.57. The van der Waals surface area contributed by atoms with Gasteiger partial charge in [-0.15, -0.1) is 0 Å². The molecule has 1 aliphatic heterocycles. The van der Waals surface area contributed by atoms with E-state index in [1.807, 2.05) is 24.3 Å². The Balaban J connectivity index is 1.72. The van der Waals surface area contributed by atoms with E-state index in [0.29, 0.717) is 12.1 Å². The van der Waals surface area contributed by atoms with Crippen LogP contribution in [0, 0.1) is 0 Å². The minimum absolute atomic E-state index is 0.0961. The number of carbonyl (C=O) groups is 1. The van der Waals surface area contributed by atoms with Crippen molar-refractivity contribution in [1.82, 2.24) is 20.1 Å². The van der Waals surface area contributed by atoms with Gasteiger partial charge in [-0.1, -0.05) is 23.7 Å². The largest absolute Gasteiger partial charge is 0.350 e. The summed E-state index contributed by atoms with van der Waals surface area (Å²) in [5.74, 6) is -0.0961. The summed E-state index contributed by atoms with van der Waals surface area (Å²) >= 11 is 6.03. The third-order valence-corrected chi connectivity index (χ3v) is 4.87. The summed E-state index contributed by atoms with van der Waals surface area (Å²) < 4.78 is 0. The van der Waals surface area contributed by atoms with E-state index in [1.54, 1.807) is 24.5 Å². The lowest BCUT2D eigenvalue weighted by molar-refractivity contribution is 0.0886. The molecule has 0 radical (unpaired) electrons. The van der Waals surface area contributed by atoms with Gasteiger partial charge >= 0.3 is 0 Å². The molecule has 6 heteroatoms. The number of hydrogen-bond donors (Lipinski definition) is 1. The molecule has 0 aliphatic carbocycles. The summed E-state index contributed by atoms with van der Waals surface area (Å²) in [7, 11) is 2.14. The van der Waals surface area contributed by atoms with Gasteiger partial charge in [0.25, 0.3) is 5.91 Å². The first-order valence-corrected chi connectivity index (χ1v) is 8.87. The van der Waals surface area contributed by atoms with Crippen LogP contribution in [0.15, 0.2) is 48.8 Å². The van der Waals surface area contributed by atoms with Gasteiger partial charge < -0.3 is 10.2 Å². The number of carbonyl (C=O) groups excluding carboxylic acids is 1. The molecule has 0 bridgehead atoms. The van der Waals surface area contributed by atoms with Gasteiger partial charge in [0.15, 0.2) is 0 Å². The third kappa shape index (κ3) is 4.78. The number of aromatic nitrogens is 1. The van der Waals surface area contributed by atoms with Gasteiger partial charge in [0.2, 0.25) is 0 Å². The smallest absolute Gasteiger partial charge is 0.252 e. The molecule has 25 heavy (non-hydrogen) atoms. The van der Waals surface area contributed by atoms with Crippen molar-refractivity contribution in [2.75, 3.05) is 39.8 Å². The molecule has 1 saturated heterocycles. The monoisotopic (exact) mass is 358 g/mol. The molecule has 1 fully saturated rings. The summed E-state index contributed by atoms with van der Waals surface area (Å²) in [4.78, 5) is 21.1. The van der Waals surface area contributed by atoms with Crippen LogP contribution in [0.4, 0.5) is 0 Å². The first kappa shape index (κ1) is 17.9. The molecular weight excluding hydrogens is 336 g/mol. The van der Waals surface area contributed by atoms with E-state index in [1.165, 1.54) is 5.56 Å². The van der Waals surface area contributed by atoms with Gasteiger partial charge in [0.1, 0.15) is 0 Å². The molecule has 1 N–H and O–H groups in total. The van der Waals surface area contributed by atoms with E-state index in [4.69, 9.17) is 11.6 Å². The fourth-order valence-corrected chi connectivity index (χ4v) is 3.19. The number of nitrogens with zero attached hydrogens (tertiary/aromatic N) is 3. The van der Waals surface area contributed by atoms with Crippen molar-refractivity contribution in [1.29, 1.82) is 0 Å². The summed E-state index contributed by atoms with van der Waals surface area (Å²) in [5, 5.41) is 3.78. The van der Waals surface area contributed by atoms with Crippen LogP contribution in [0.3, 0.4) is 0 Å². The highest BCUT2D eigenvalue weighted by atomic mass is 35.5. The molecule has 3 rings (SSSR count). The molecule has 2 aromatic rings. The fraction of sp³-hybridized carbons (Fsp3) is 0.368.